The molecule has 3 rings (SSSR count). The Morgan fingerprint density at radius 3 is 2.52 bits per heavy atom. The van der Waals surface area contributed by atoms with Crippen molar-refractivity contribution in [3.05, 3.63) is 29.8 Å². The van der Waals surface area contributed by atoms with Crippen molar-refractivity contribution >= 4 is 5.91 Å². The van der Waals surface area contributed by atoms with Gasteiger partial charge in [0.2, 0.25) is 0 Å². The van der Waals surface area contributed by atoms with Crippen LogP contribution in [0.3, 0.4) is 0 Å². The first kappa shape index (κ1) is 22.1. The summed E-state index contributed by atoms with van der Waals surface area (Å²) in [6, 6.07) is 7.08. The molecule has 2 saturated heterocycles. The Morgan fingerprint density at radius 1 is 1.14 bits per heavy atom. The van der Waals surface area contributed by atoms with Gasteiger partial charge in [0.1, 0.15) is 12.4 Å². The molecule has 6 heteroatoms. The summed E-state index contributed by atoms with van der Waals surface area (Å²) < 4.78 is 5.82. The Labute approximate surface area is 175 Å². The fraction of sp³-hybridized carbons (Fsp3) is 0.696. The maximum atomic E-state index is 12.7. The van der Waals surface area contributed by atoms with E-state index in [1.807, 2.05) is 12.1 Å². The number of carbonyl (C=O) groups excluding carboxylic acids is 1. The topological polar surface area (TPSA) is 65.0 Å². The van der Waals surface area contributed by atoms with E-state index in [1.165, 1.54) is 25.9 Å². The molecule has 162 valence electrons. The molecular weight excluding hydrogens is 366 g/mol. The van der Waals surface area contributed by atoms with Crippen molar-refractivity contribution in [1.82, 2.24) is 15.1 Å². The summed E-state index contributed by atoms with van der Waals surface area (Å²) in [5.74, 6) is 1.22. The van der Waals surface area contributed by atoms with Crippen LogP contribution < -0.4 is 10.1 Å². The van der Waals surface area contributed by atoms with E-state index in [0.29, 0.717) is 24.6 Å². The van der Waals surface area contributed by atoms with Crippen LogP contribution >= 0.6 is 0 Å². The fourth-order valence-corrected chi connectivity index (χ4v) is 4.29. The van der Waals surface area contributed by atoms with Crippen LogP contribution in [-0.2, 0) is 0 Å². The number of hydrogen-bond acceptors (Lipinski definition) is 5. The van der Waals surface area contributed by atoms with Gasteiger partial charge in [-0.1, -0.05) is 13.8 Å². The normalized spacial score (nSPS) is 23.9. The van der Waals surface area contributed by atoms with E-state index < -0.39 is 6.10 Å². The smallest absolute Gasteiger partial charge is 0.251 e. The zero-order valence-electron chi connectivity index (χ0n) is 18.0. The molecule has 29 heavy (non-hydrogen) atoms. The lowest BCUT2D eigenvalue weighted by Gasteiger charge is -2.28. The molecule has 0 bridgehead atoms. The van der Waals surface area contributed by atoms with Crippen molar-refractivity contribution in [2.24, 2.45) is 5.92 Å². The number of hydrogen-bond donors (Lipinski definition) is 2. The van der Waals surface area contributed by atoms with E-state index in [-0.39, 0.29) is 11.9 Å². The minimum Gasteiger partial charge on any atom is -0.492 e. The van der Waals surface area contributed by atoms with Gasteiger partial charge in [0.05, 0.1) is 12.1 Å². The molecule has 0 radical (unpaired) electrons. The first-order chi connectivity index (χ1) is 14.0. The van der Waals surface area contributed by atoms with E-state index in [1.54, 1.807) is 12.1 Å². The Morgan fingerprint density at radius 2 is 1.83 bits per heavy atom. The van der Waals surface area contributed by atoms with Crippen LogP contribution in [0.5, 0.6) is 5.75 Å². The maximum Gasteiger partial charge on any atom is 0.251 e. The highest BCUT2D eigenvalue weighted by Crippen LogP contribution is 2.16. The predicted molar refractivity (Wildman–Crippen MR) is 115 cm³/mol. The largest absolute Gasteiger partial charge is 0.492 e. The summed E-state index contributed by atoms with van der Waals surface area (Å²) in [6.45, 7) is 11.0. The lowest BCUT2D eigenvalue weighted by atomic mass is 10.1. The molecule has 0 unspecified atom stereocenters. The van der Waals surface area contributed by atoms with Crippen molar-refractivity contribution in [2.75, 3.05) is 45.9 Å². The molecule has 2 N–H and O–H groups in total. The first-order valence-corrected chi connectivity index (χ1v) is 11.2. The van der Waals surface area contributed by atoms with Crippen LogP contribution in [0.4, 0.5) is 0 Å². The molecule has 1 aromatic rings. The van der Waals surface area contributed by atoms with Crippen molar-refractivity contribution in [2.45, 2.75) is 51.7 Å². The van der Waals surface area contributed by atoms with Crippen LogP contribution in [0.15, 0.2) is 24.3 Å². The van der Waals surface area contributed by atoms with Gasteiger partial charge < -0.3 is 20.1 Å². The van der Waals surface area contributed by atoms with Crippen LogP contribution in [-0.4, -0.2) is 78.8 Å². The van der Waals surface area contributed by atoms with Gasteiger partial charge in [-0.2, -0.15) is 0 Å². The van der Waals surface area contributed by atoms with Gasteiger partial charge in [0.25, 0.3) is 5.91 Å². The Hall–Kier alpha value is -1.63. The van der Waals surface area contributed by atoms with Crippen molar-refractivity contribution in [1.29, 1.82) is 0 Å². The molecule has 2 aliphatic heterocycles. The summed E-state index contributed by atoms with van der Waals surface area (Å²) in [5.41, 5.74) is 0.601. The second kappa shape index (κ2) is 11.0. The minimum atomic E-state index is -0.496. The predicted octanol–water partition coefficient (Wildman–Crippen LogP) is 2.37. The van der Waals surface area contributed by atoms with E-state index in [9.17, 15) is 9.90 Å². The molecule has 0 spiro atoms. The van der Waals surface area contributed by atoms with E-state index in [4.69, 9.17) is 4.74 Å². The van der Waals surface area contributed by atoms with Gasteiger partial charge in [-0.05, 0) is 75.5 Å². The molecule has 1 amide bonds. The fourth-order valence-electron chi connectivity index (χ4n) is 4.29. The number of nitrogens with zero attached hydrogens (tertiary/aromatic N) is 2. The van der Waals surface area contributed by atoms with E-state index in [0.717, 1.165) is 38.2 Å². The molecular formula is C23H37N3O3. The lowest BCUT2D eigenvalue weighted by Crippen LogP contribution is -2.49. The van der Waals surface area contributed by atoms with Crippen molar-refractivity contribution in [3.63, 3.8) is 0 Å². The summed E-state index contributed by atoms with van der Waals surface area (Å²) >= 11 is 0. The molecule has 6 nitrogen and oxygen atoms in total. The summed E-state index contributed by atoms with van der Waals surface area (Å²) in [7, 11) is 0. The standard InChI is InChI=1S/C23H37N3O3/c1-18(2)16-26-13-5-6-22(27)21(17-26)24-23(28)19-7-9-20(10-8-19)29-15-14-25-11-3-4-12-25/h7-10,18,21-22,27H,3-6,11-17H2,1-2H3,(H,24,28)/t21-,22-/m1/s1. The summed E-state index contributed by atoms with van der Waals surface area (Å²) in [4.78, 5) is 17.5. The number of aliphatic hydroxyl groups excluding tert-OH is 1. The number of benzene rings is 1. The van der Waals surface area contributed by atoms with Gasteiger partial charge in [-0.25, -0.2) is 0 Å². The lowest BCUT2D eigenvalue weighted by molar-refractivity contribution is 0.0796. The highest BCUT2D eigenvalue weighted by molar-refractivity contribution is 5.94. The second-order valence-corrected chi connectivity index (χ2v) is 8.86. The molecule has 1 aromatic carbocycles. The Kier molecular flexibility index (Phi) is 8.33. The molecule has 0 aliphatic carbocycles. The van der Waals surface area contributed by atoms with Gasteiger partial charge in [0.15, 0.2) is 0 Å². The van der Waals surface area contributed by atoms with E-state index in [2.05, 4.69) is 29.0 Å². The molecule has 2 aliphatic rings. The number of likely N-dealkylation sites (tertiary alicyclic amines) is 2. The zero-order valence-corrected chi connectivity index (χ0v) is 18.0. The van der Waals surface area contributed by atoms with E-state index >= 15 is 0 Å². The third-order valence-corrected chi connectivity index (χ3v) is 5.82. The van der Waals surface area contributed by atoms with Crippen LogP contribution in [0, 0.1) is 5.92 Å². The molecule has 2 fully saturated rings. The molecule has 2 heterocycles. The summed E-state index contributed by atoms with van der Waals surface area (Å²) in [6.07, 6.45) is 3.76. The zero-order chi connectivity index (χ0) is 20.6. The minimum absolute atomic E-state index is 0.135. The molecule has 2 atom stereocenters. The number of rotatable bonds is 8. The Bertz CT molecular complexity index is 629. The summed E-state index contributed by atoms with van der Waals surface area (Å²) in [5, 5.41) is 13.5. The third-order valence-electron chi connectivity index (χ3n) is 5.82. The van der Waals surface area contributed by atoms with Gasteiger partial charge >= 0.3 is 0 Å². The van der Waals surface area contributed by atoms with Crippen LogP contribution in [0.25, 0.3) is 0 Å². The number of aliphatic hydroxyl groups is 1. The first-order valence-electron chi connectivity index (χ1n) is 11.2. The second-order valence-electron chi connectivity index (χ2n) is 8.86. The number of carbonyl (C=O) groups is 1. The maximum absolute atomic E-state index is 12.7. The third kappa shape index (κ3) is 6.98. The average Bonchev–Trinajstić information content (AvgIpc) is 3.14. The highest BCUT2D eigenvalue weighted by atomic mass is 16.5. The highest BCUT2D eigenvalue weighted by Gasteiger charge is 2.27. The monoisotopic (exact) mass is 403 g/mol. The van der Waals surface area contributed by atoms with Gasteiger partial charge in [-0.3, -0.25) is 9.69 Å². The Balaban J connectivity index is 1.49. The number of amides is 1. The number of nitrogens with one attached hydrogen (secondary N) is 1. The SMILES string of the molecule is CC(C)CN1CCC[C@@H](O)[C@H](NC(=O)c2ccc(OCCN3CCCC3)cc2)C1. The van der Waals surface area contributed by atoms with Gasteiger partial charge in [-0.15, -0.1) is 0 Å². The van der Waals surface area contributed by atoms with Crippen molar-refractivity contribution in [3.8, 4) is 5.75 Å². The van der Waals surface area contributed by atoms with Gasteiger partial charge in [0, 0.05) is 25.2 Å². The van der Waals surface area contributed by atoms with Crippen LogP contribution in [0.1, 0.15) is 49.9 Å². The molecule has 0 saturated carbocycles. The average molecular weight is 404 g/mol. The number of ether oxygens (including phenoxy) is 1. The van der Waals surface area contributed by atoms with Crippen LogP contribution in [0.2, 0.25) is 0 Å². The van der Waals surface area contributed by atoms with Crippen molar-refractivity contribution < 1.29 is 14.6 Å². The molecule has 0 aromatic heterocycles. The quantitative estimate of drug-likeness (QED) is 0.698.